The number of hydrogen-bond acceptors (Lipinski definition) is 4. The molecule has 0 fully saturated rings. The molecule has 2 aliphatic rings. The Bertz CT molecular complexity index is 648. The van der Waals surface area contributed by atoms with Crippen LogP contribution in [0.15, 0.2) is 36.4 Å². The molecule has 24 heavy (non-hydrogen) atoms. The molecule has 6 heteroatoms. The zero-order chi connectivity index (χ0) is 15.5. The molecule has 0 aliphatic carbocycles. The molecular weight excluding hydrogens is 330 g/mol. The van der Waals surface area contributed by atoms with Crippen LogP contribution in [0.4, 0.5) is 0 Å². The van der Waals surface area contributed by atoms with E-state index < -0.39 is 0 Å². The van der Waals surface area contributed by atoms with Gasteiger partial charge in [0.1, 0.15) is 0 Å². The van der Waals surface area contributed by atoms with E-state index in [1.807, 2.05) is 12.1 Å². The molecule has 0 spiro atoms. The third-order valence-electron chi connectivity index (χ3n) is 4.15. The maximum atomic E-state index is 5.41. The Kier molecular flexibility index (Phi) is 5.33. The summed E-state index contributed by atoms with van der Waals surface area (Å²) < 4.78 is 21.5. The highest BCUT2D eigenvalue weighted by Crippen LogP contribution is 2.33. The predicted molar refractivity (Wildman–Crippen MR) is 84.2 cm³/mol. The van der Waals surface area contributed by atoms with Gasteiger partial charge >= 0.3 is 0 Å². The Labute approximate surface area is 147 Å². The largest absolute Gasteiger partial charge is 1.00 e. The molecule has 2 heterocycles. The quantitative estimate of drug-likeness (QED) is 0.645. The van der Waals surface area contributed by atoms with Crippen LogP contribution in [0.5, 0.6) is 23.0 Å². The highest BCUT2D eigenvalue weighted by Gasteiger charge is 2.14. The number of hydrogen-bond donors (Lipinski definition) is 1. The van der Waals surface area contributed by atoms with Crippen LogP contribution in [0.1, 0.15) is 11.1 Å². The molecule has 2 N–H and O–H groups in total. The lowest BCUT2D eigenvalue weighted by Gasteiger charge is -2.05. The lowest BCUT2D eigenvalue weighted by molar-refractivity contribution is -0.653. The molecule has 0 bridgehead atoms. The Morgan fingerprint density at radius 2 is 1.12 bits per heavy atom. The van der Waals surface area contributed by atoms with Gasteiger partial charge in [0, 0.05) is 12.8 Å². The van der Waals surface area contributed by atoms with Crippen molar-refractivity contribution < 1.29 is 36.7 Å². The maximum absolute atomic E-state index is 5.41. The number of benzene rings is 2. The monoisotopic (exact) mass is 349 g/mol. The van der Waals surface area contributed by atoms with Gasteiger partial charge in [-0.1, -0.05) is 12.1 Å². The Balaban J connectivity index is 0.00000169. The normalized spacial score (nSPS) is 13.7. The summed E-state index contributed by atoms with van der Waals surface area (Å²) in [5.74, 6) is 3.42. The first-order chi connectivity index (χ1) is 11.4. The Hall–Kier alpha value is -2.11. The van der Waals surface area contributed by atoms with E-state index in [1.54, 1.807) is 0 Å². The van der Waals surface area contributed by atoms with Crippen molar-refractivity contribution in [3.63, 3.8) is 0 Å². The second-order valence-corrected chi connectivity index (χ2v) is 5.74. The first-order valence-corrected chi connectivity index (χ1v) is 7.97. The lowest BCUT2D eigenvalue weighted by atomic mass is 10.1. The van der Waals surface area contributed by atoms with Crippen LogP contribution in [0.2, 0.25) is 0 Å². The lowest BCUT2D eigenvalue weighted by Crippen LogP contribution is -3.00. The van der Waals surface area contributed by atoms with Gasteiger partial charge in [0.2, 0.25) is 13.6 Å². The fourth-order valence-corrected chi connectivity index (χ4v) is 2.87. The van der Waals surface area contributed by atoms with Gasteiger partial charge in [-0.25, -0.2) is 0 Å². The summed E-state index contributed by atoms with van der Waals surface area (Å²) in [6, 6.07) is 12.4. The molecule has 0 amide bonds. The molecule has 0 aromatic heterocycles. The van der Waals surface area contributed by atoms with Gasteiger partial charge in [0.05, 0.1) is 13.1 Å². The average molecular weight is 350 g/mol. The summed E-state index contributed by atoms with van der Waals surface area (Å²) in [7, 11) is 0. The Morgan fingerprint density at radius 3 is 1.62 bits per heavy atom. The second-order valence-electron chi connectivity index (χ2n) is 5.74. The fourth-order valence-electron chi connectivity index (χ4n) is 2.87. The first-order valence-electron chi connectivity index (χ1n) is 7.97. The van der Waals surface area contributed by atoms with Crippen LogP contribution in [-0.2, 0) is 12.8 Å². The minimum atomic E-state index is 0. The van der Waals surface area contributed by atoms with Crippen molar-refractivity contribution in [2.24, 2.45) is 0 Å². The summed E-state index contributed by atoms with van der Waals surface area (Å²) in [5, 5.41) is 2.34. The van der Waals surface area contributed by atoms with Crippen LogP contribution >= 0.6 is 0 Å². The van der Waals surface area contributed by atoms with Crippen molar-refractivity contribution in [2.45, 2.75) is 12.8 Å². The van der Waals surface area contributed by atoms with Gasteiger partial charge in [0.15, 0.2) is 23.0 Å². The first kappa shape index (κ1) is 16.7. The third kappa shape index (κ3) is 3.68. The van der Waals surface area contributed by atoms with Crippen molar-refractivity contribution in [3.05, 3.63) is 47.5 Å². The average Bonchev–Trinajstić information content (AvgIpc) is 3.22. The van der Waals surface area contributed by atoms with E-state index in [4.69, 9.17) is 18.9 Å². The summed E-state index contributed by atoms with van der Waals surface area (Å²) in [6.45, 7) is 2.79. The van der Waals surface area contributed by atoms with Gasteiger partial charge in [0.25, 0.3) is 0 Å². The van der Waals surface area contributed by atoms with Crippen LogP contribution in [0.3, 0.4) is 0 Å². The van der Waals surface area contributed by atoms with E-state index >= 15 is 0 Å². The molecule has 0 saturated carbocycles. The highest BCUT2D eigenvalue weighted by molar-refractivity contribution is 5.45. The molecule has 4 rings (SSSR count). The fraction of sp³-hybridized carbons (Fsp3) is 0.333. The summed E-state index contributed by atoms with van der Waals surface area (Å²) in [6.07, 6.45) is 2.05. The van der Waals surface area contributed by atoms with Crippen molar-refractivity contribution in [1.29, 1.82) is 0 Å². The molecule has 5 nitrogen and oxygen atoms in total. The van der Waals surface area contributed by atoms with Crippen LogP contribution in [0.25, 0.3) is 0 Å². The topological polar surface area (TPSA) is 53.5 Å². The van der Waals surface area contributed by atoms with Crippen molar-refractivity contribution in [3.8, 4) is 23.0 Å². The van der Waals surface area contributed by atoms with E-state index in [1.165, 1.54) is 11.1 Å². The van der Waals surface area contributed by atoms with Crippen LogP contribution < -0.4 is 36.7 Å². The number of ether oxygens (including phenoxy) is 4. The van der Waals surface area contributed by atoms with Gasteiger partial charge in [-0.2, -0.15) is 0 Å². The van der Waals surface area contributed by atoms with Gasteiger partial charge in [-0.05, 0) is 35.4 Å². The molecule has 2 aliphatic heterocycles. The SMILES string of the molecule is [Cl-].c1cc2c(cc1CC[NH2+]CCc1ccc3c(c1)OCO3)OCO2. The molecule has 0 saturated heterocycles. The molecule has 0 radical (unpaired) electrons. The van der Waals surface area contributed by atoms with Crippen molar-refractivity contribution in [1.82, 2.24) is 0 Å². The van der Waals surface area contributed by atoms with E-state index in [0.717, 1.165) is 48.9 Å². The maximum Gasteiger partial charge on any atom is 0.231 e. The third-order valence-corrected chi connectivity index (χ3v) is 4.15. The number of fused-ring (bicyclic) bond motifs is 2. The molecule has 0 atom stereocenters. The highest BCUT2D eigenvalue weighted by atomic mass is 35.5. The Morgan fingerprint density at radius 1 is 0.667 bits per heavy atom. The van der Waals surface area contributed by atoms with E-state index in [2.05, 4.69) is 29.6 Å². The molecule has 0 unspecified atom stereocenters. The van der Waals surface area contributed by atoms with Crippen molar-refractivity contribution >= 4 is 0 Å². The zero-order valence-corrected chi connectivity index (χ0v) is 14.1. The molecular formula is C18H20ClNO4. The zero-order valence-electron chi connectivity index (χ0n) is 13.3. The number of nitrogens with two attached hydrogens (primary N) is 1. The van der Waals surface area contributed by atoms with E-state index in [-0.39, 0.29) is 12.4 Å². The molecule has 2 aromatic rings. The number of rotatable bonds is 6. The van der Waals surface area contributed by atoms with Gasteiger partial charge < -0.3 is 36.7 Å². The standard InChI is InChI=1S/C18H19NO4.ClH/c1-3-15-17(22-11-20-15)9-13(1)5-7-19-8-6-14-2-4-16-18(10-14)23-12-21-16;/h1-4,9-10,19H,5-8,11-12H2;1H. The van der Waals surface area contributed by atoms with Crippen molar-refractivity contribution in [2.75, 3.05) is 26.7 Å². The van der Waals surface area contributed by atoms with E-state index in [0.29, 0.717) is 13.6 Å². The smallest absolute Gasteiger partial charge is 0.231 e. The minimum absolute atomic E-state index is 0. The molecule has 128 valence electrons. The van der Waals surface area contributed by atoms with Crippen LogP contribution in [-0.4, -0.2) is 26.7 Å². The van der Waals surface area contributed by atoms with Crippen LogP contribution in [0, 0.1) is 0 Å². The summed E-state index contributed by atoms with van der Waals surface area (Å²) in [4.78, 5) is 0. The number of halogens is 1. The van der Waals surface area contributed by atoms with Gasteiger partial charge in [-0.15, -0.1) is 0 Å². The van der Waals surface area contributed by atoms with Gasteiger partial charge in [-0.3, -0.25) is 0 Å². The molecule has 2 aromatic carbocycles. The summed E-state index contributed by atoms with van der Waals surface area (Å²) in [5.41, 5.74) is 2.57. The predicted octanol–water partition coefficient (Wildman–Crippen LogP) is -1.50. The van der Waals surface area contributed by atoms with E-state index in [9.17, 15) is 0 Å². The minimum Gasteiger partial charge on any atom is -1.00 e. The second kappa shape index (κ2) is 7.64. The summed E-state index contributed by atoms with van der Waals surface area (Å²) >= 11 is 0. The number of quaternary nitrogens is 1.